The Morgan fingerprint density at radius 1 is 1.08 bits per heavy atom. The monoisotopic (exact) mass is 326 g/mol. The third-order valence-corrected chi connectivity index (χ3v) is 3.33. The zero-order valence-electron chi connectivity index (χ0n) is 12.8. The van der Waals surface area contributed by atoms with Gasteiger partial charge in [0.15, 0.2) is 0 Å². The maximum absolute atomic E-state index is 12.8. The van der Waals surface area contributed by atoms with Crippen LogP contribution >= 0.6 is 0 Å². The zero-order valence-corrected chi connectivity index (χ0v) is 12.8. The fourth-order valence-electron chi connectivity index (χ4n) is 2.12. The molecule has 3 rings (SSSR count). The van der Waals surface area contributed by atoms with Crippen molar-refractivity contribution in [1.82, 2.24) is 20.5 Å². The van der Waals surface area contributed by atoms with E-state index in [0.717, 1.165) is 11.1 Å². The number of halogens is 1. The van der Waals surface area contributed by atoms with E-state index in [2.05, 4.69) is 20.5 Å². The molecule has 1 amide bonds. The van der Waals surface area contributed by atoms with Crippen LogP contribution in [0.15, 0.2) is 53.2 Å². The molecule has 0 aliphatic carbocycles. The third-order valence-electron chi connectivity index (χ3n) is 3.33. The highest BCUT2D eigenvalue weighted by Gasteiger charge is 2.09. The second-order valence-electron chi connectivity index (χ2n) is 5.14. The Balaban J connectivity index is 1.47. The maximum Gasteiger partial charge on any atom is 0.247 e. The van der Waals surface area contributed by atoms with E-state index >= 15 is 0 Å². The molecule has 0 radical (unpaired) electrons. The van der Waals surface area contributed by atoms with Crippen molar-refractivity contribution in [1.29, 1.82) is 0 Å². The van der Waals surface area contributed by atoms with Gasteiger partial charge in [0, 0.05) is 30.9 Å². The molecule has 0 unspecified atom stereocenters. The lowest BCUT2D eigenvalue weighted by Crippen LogP contribution is -2.27. The number of benzene rings is 1. The lowest BCUT2D eigenvalue weighted by Gasteiger charge is -2.03. The van der Waals surface area contributed by atoms with Crippen LogP contribution in [0.2, 0.25) is 0 Å². The summed E-state index contributed by atoms with van der Waals surface area (Å²) in [5, 5.41) is 10.7. The summed E-state index contributed by atoms with van der Waals surface area (Å²) in [6.07, 6.45) is 3.93. The van der Waals surface area contributed by atoms with Crippen LogP contribution in [0.5, 0.6) is 0 Å². The first-order chi connectivity index (χ1) is 11.7. The summed E-state index contributed by atoms with van der Waals surface area (Å²) in [4.78, 5) is 15.8. The van der Waals surface area contributed by atoms with Crippen LogP contribution < -0.4 is 5.32 Å². The standard InChI is InChI=1S/C17H15FN4O2/c18-14-3-1-12(2-4-14)11-15(23)20-10-7-16-21-22-17(24-16)13-5-8-19-9-6-13/h1-6,8-9H,7,10-11H2,(H,20,23). The van der Waals surface area contributed by atoms with E-state index in [1.807, 2.05) is 0 Å². The van der Waals surface area contributed by atoms with Gasteiger partial charge in [-0.2, -0.15) is 0 Å². The van der Waals surface area contributed by atoms with Crippen molar-refractivity contribution < 1.29 is 13.6 Å². The molecule has 7 heteroatoms. The molecule has 24 heavy (non-hydrogen) atoms. The van der Waals surface area contributed by atoms with Gasteiger partial charge in [-0.3, -0.25) is 9.78 Å². The molecule has 2 aromatic heterocycles. The molecule has 0 aliphatic rings. The number of nitrogens with zero attached hydrogens (tertiary/aromatic N) is 3. The van der Waals surface area contributed by atoms with Gasteiger partial charge < -0.3 is 9.73 Å². The first-order valence-corrected chi connectivity index (χ1v) is 7.44. The summed E-state index contributed by atoms with van der Waals surface area (Å²) in [5.41, 5.74) is 1.55. The highest BCUT2D eigenvalue weighted by atomic mass is 19.1. The van der Waals surface area contributed by atoms with Crippen molar-refractivity contribution in [3.63, 3.8) is 0 Å². The van der Waals surface area contributed by atoms with Gasteiger partial charge in [0.2, 0.25) is 17.7 Å². The number of hydrogen-bond acceptors (Lipinski definition) is 5. The van der Waals surface area contributed by atoms with Crippen molar-refractivity contribution in [3.05, 3.63) is 66.1 Å². The number of hydrogen-bond donors (Lipinski definition) is 1. The molecule has 0 atom stereocenters. The molecule has 0 aliphatic heterocycles. The Labute approximate surface area is 137 Å². The minimum Gasteiger partial charge on any atom is -0.421 e. The van der Waals surface area contributed by atoms with Crippen LogP contribution in [0.25, 0.3) is 11.5 Å². The van der Waals surface area contributed by atoms with Crippen LogP contribution in [0, 0.1) is 5.82 Å². The van der Waals surface area contributed by atoms with Gasteiger partial charge in [-0.15, -0.1) is 10.2 Å². The second kappa shape index (κ2) is 7.45. The summed E-state index contributed by atoms with van der Waals surface area (Å²) in [6, 6.07) is 9.41. The number of nitrogens with one attached hydrogen (secondary N) is 1. The maximum atomic E-state index is 12.8. The SMILES string of the molecule is O=C(Cc1ccc(F)cc1)NCCc1nnc(-c2ccncc2)o1. The van der Waals surface area contributed by atoms with Gasteiger partial charge in [-0.1, -0.05) is 12.1 Å². The van der Waals surface area contributed by atoms with Crippen LogP contribution in [0.3, 0.4) is 0 Å². The summed E-state index contributed by atoms with van der Waals surface area (Å²) in [6.45, 7) is 0.387. The summed E-state index contributed by atoms with van der Waals surface area (Å²) >= 11 is 0. The van der Waals surface area contributed by atoms with E-state index in [1.54, 1.807) is 36.7 Å². The minimum atomic E-state index is -0.319. The largest absolute Gasteiger partial charge is 0.421 e. The van der Waals surface area contributed by atoms with E-state index in [0.29, 0.717) is 24.7 Å². The number of rotatable bonds is 6. The highest BCUT2D eigenvalue weighted by Crippen LogP contribution is 2.16. The third kappa shape index (κ3) is 4.22. The van der Waals surface area contributed by atoms with E-state index in [9.17, 15) is 9.18 Å². The second-order valence-corrected chi connectivity index (χ2v) is 5.14. The van der Waals surface area contributed by atoms with Gasteiger partial charge in [-0.05, 0) is 29.8 Å². The van der Waals surface area contributed by atoms with E-state index in [4.69, 9.17) is 4.42 Å². The molecule has 1 N–H and O–H groups in total. The Morgan fingerprint density at radius 3 is 2.58 bits per heavy atom. The molecular weight excluding hydrogens is 311 g/mol. The van der Waals surface area contributed by atoms with Crippen LogP contribution in [-0.4, -0.2) is 27.6 Å². The minimum absolute atomic E-state index is 0.143. The van der Waals surface area contributed by atoms with Gasteiger partial charge in [0.25, 0.3) is 0 Å². The topological polar surface area (TPSA) is 80.9 Å². The average molecular weight is 326 g/mol. The first kappa shape index (κ1) is 15.8. The van der Waals surface area contributed by atoms with Crippen molar-refractivity contribution in [2.75, 3.05) is 6.54 Å². The number of carbonyl (C=O) groups is 1. The number of amides is 1. The number of aromatic nitrogens is 3. The van der Waals surface area contributed by atoms with E-state index in [-0.39, 0.29) is 18.1 Å². The molecular formula is C17H15FN4O2. The summed E-state index contributed by atoms with van der Waals surface area (Å²) < 4.78 is 18.4. The van der Waals surface area contributed by atoms with Crippen molar-refractivity contribution in [3.8, 4) is 11.5 Å². The lowest BCUT2D eigenvalue weighted by atomic mass is 10.1. The van der Waals surface area contributed by atoms with E-state index < -0.39 is 0 Å². The predicted octanol–water partition coefficient (Wildman–Crippen LogP) is 2.17. The average Bonchev–Trinajstić information content (AvgIpc) is 3.07. The van der Waals surface area contributed by atoms with Gasteiger partial charge in [-0.25, -0.2) is 4.39 Å². The van der Waals surface area contributed by atoms with Crippen LogP contribution in [0.1, 0.15) is 11.5 Å². The fourth-order valence-corrected chi connectivity index (χ4v) is 2.12. The molecule has 122 valence electrons. The van der Waals surface area contributed by atoms with Gasteiger partial charge in [0.05, 0.1) is 6.42 Å². The molecule has 0 fully saturated rings. The zero-order chi connectivity index (χ0) is 16.8. The Bertz CT molecular complexity index is 803. The Kier molecular flexibility index (Phi) is 4.90. The molecule has 6 nitrogen and oxygen atoms in total. The Hall–Kier alpha value is -3.09. The normalized spacial score (nSPS) is 10.5. The van der Waals surface area contributed by atoms with Gasteiger partial charge >= 0.3 is 0 Å². The quantitative estimate of drug-likeness (QED) is 0.751. The molecule has 0 saturated heterocycles. The van der Waals surface area contributed by atoms with E-state index in [1.165, 1.54) is 12.1 Å². The molecule has 0 bridgehead atoms. The molecule has 2 heterocycles. The summed E-state index contributed by atoms with van der Waals surface area (Å²) in [5.74, 6) is 0.407. The molecule has 3 aromatic rings. The van der Waals surface area contributed by atoms with Gasteiger partial charge in [0.1, 0.15) is 5.82 Å². The van der Waals surface area contributed by atoms with Crippen molar-refractivity contribution >= 4 is 5.91 Å². The molecule has 0 spiro atoms. The van der Waals surface area contributed by atoms with Crippen molar-refractivity contribution in [2.45, 2.75) is 12.8 Å². The fraction of sp³-hybridized carbons (Fsp3) is 0.176. The van der Waals surface area contributed by atoms with Crippen LogP contribution in [-0.2, 0) is 17.6 Å². The predicted molar refractivity (Wildman–Crippen MR) is 84.3 cm³/mol. The number of pyridine rings is 1. The van der Waals surface area contributed by atoms with Crippen LogP contribution in [0.4, 0.5) is 4.39 Å². The van der Waals surface area contributed by atoms with Crippen molar-refractivity contribution in [2.24, 2.45) is 0 Å². The lowest BCUT2D eigenvalue weighted by molar-refractivity contribution is -0.120. The Morgan fingerprint density at radius 2 is 1.83 bits per heavy atom. The number of carbonyl (C=O) groups excluding carboxylic acids is 1. The smallest absolute Gasteiger partial charge is 0.247 e. The molecule has 0 saturated carbocycles. The molecule has 1 aromatic carbocycles. The first-order valence-electron chi connectivity index (χ1n) is 7.44. The summed E-state index contributed by atoms with van der Waals surface area (Å²) in [7, 11) is 0. The highest BCUT2D eigenvalue weighted by molar-refractivity contribution is 5.78.